The number of nitriles is 1. The van der Waals surface area contributed by atoms with Crippen molar-refractivity contribution >= 4 is 22.2 Å². The van der Waals surface area contributed by atoms with Crippen molar-refractivity contribution in [1.29, 1.82) is 5.26 Å². The Bertz CT molecular complexity index is 638. The van der Waals surface area contributed by atoms with Gasteiger partial charge in [0, 0.05) is 25.1 Å². The van der Waals surface area contributed by atoms with Crippen LogP contribution in [0.2, 0.25) is 0 Å². The maximum atomic E-state index is 12.8. The van der Waals surface area contributed by atoms with Crippen LogP contribution in [-0.2, 0) is 9.53 Å². The summed E-state index contributed by atoms with van der Waals surface area (Å²) in [5, 5.41) is 15.5. The fourth-order valence-electron chi connectivity index (χ4n) is 4.27. The third-order valence-corrected chi connectivity index (χ3v) is 6.35. The molecular formula is C17H21N3O2S. The van der Waals surface area contributed by atoms with Gasteiger partial charge in [-0.3, -0.25) is 4.79 Å². The zero-order chi connectivity index (χ0) is 15.8. The van der Waals surface area contributed by atoms with E-state index in [9.17, 15) is 10.1 Å². The lowest BCUT2D eigenvalue weighted by atomic mass is 9.81. The molecular weight excluding hydrogens is 310 g/mol. The molecule has 4 atom stereocenters. The van der Waals surface area contributed by atoms with Crippen molar-refractivity contribution in [2.45, 2.75) is 50.3 Å². The number of amides is 1. The van der Waals surface area contributed by atoms with E-state index in [0.717, 1.165) is 37.3 Å². The van der Waals surface area contributed by atoms with Crippen LogP contribution in [0, 0.1) is 17.2 Å². The first-order chi connectivity index (χ1) is 11.3. The smallest absolute Gasteiger partial charge is 0.244 e. The van der Waals surface area contributed by atoms with Crippen LogP contribution in [-0.4, -0.2) is 37.2 Å². The number of carbonyl (C=O) groups excluding carboxylic acids is 1. The predicted molar refractivity (Wildman–Crippen MR) is 88.4 cm³/mol. The Morgan fingerprint density at radius 3 is 3.13 bits per heavy atom. The number of carbonyl (C=O) groups is 1. The summed E-state index contributed by atoms with van der Waals surface area (Å²) in [7, 11) is 0. The average molecular weight is 331 g/mol. The Hall–Kier alpha value is -1.42. The Morgan fingerprint density at radius 1 is 1.35 bits per heavy atom. The number of hydrogen-bond donors (Lipinski definition) is 1. The first kappa shape index (κ1) is 15.1. The lowest BCUT2D eigenvalue weighted by Gasteiger charge is -2.34. The molecule has 0 bridgehead atoms. The first-order valence-electron chi connectivity index (χ1n) is 8.44. The highest BCUT2D eigenvalue weighted by molar-refractivity contribution is 7.14. The quantitative estimate of drug-likeness (QED) is 0.923. The summed E-state index contributed by atoms with van der Waals surface area (Å²) >= 11 is 1.47. The minimum Gasteiger partial charge on any atom is -0.378 e. The van der Waals surface area contributed by atoms with E-state index in [1.54, 1.807) is 11.0 Å². The van der Waals surface area contributed by atoms with Gasteiger partial charge in [-0.15, -0.1) is 11.3 Å². The number of fused-ring (bicyclic) bond motifs is 1. The zero-order valence-electron chi connectivity index (χ0n) is 13.0. The topological polar surface area (TPSA) is 65.4 Å². The van der Waals surface area contributed by atoms with Crippen molar-refractivity contribution in [2.24, 2.45) is 5.92 Å². The van der Waals surface area contributed by atoms with E-state index in [0.29, 0.717) is 30.2 Å². The summed E-state index contributed by atoms with van der Waals surface area (Å²) in [5.74, 6) is 0.673. The molecule has 23 heavy (non-hydrogen) atoms. The molecule has 0 aromatic carbocycles. The minimum atomic E-state index is -0.118. The van der Waals surface area contributed by atoms with Crippen LogP contribution in [0.25, 0.3) is 0 Å². The molecule has 1 aromatic heterocycles. The molecule has 0 unspecified atom stereocenters. The number of nitrogens with zero attached hydrogens (tertiary/aromatic N) is 2. The van der Waals surface area contributed by atoms with Crippen molar-refractivity contribution in [3.8, 4) is 6.07 Å². The molecule has 2 aliphatic heterocycles. The third-order valence-electron chi connectivity index (χ3n) is 5.41. The minimum absolute atomic E-state index is 0.116. The molecule has 0 radical (unpaired) electrons. The number of ether oxygens (including phenoxy) is 1. The highest BCUT2D eigenvalue weighted by Gasteiger charge is 2.41. The second-order valence-corrected chi connectivity index (χ2v) is 7.54. The maximum Gasteiger partial charge on any atom is 0.244 e. The molecule has 2 saturated heterocycles. The van der Waals surface area contributed by atoms with Gasteiger partial charge in [-0.25, -0.2) is 0 Å². The van der Waals surface area contributed by atoms with Crippen molar-refractivity contribution in [1.82, 2.24) is 5.32 Å². The summed E-state index contributed by atoms with van der Waals surface area (Å²) in [6, 6.07) is 4.24. The summed E-state index contributed by atoms with van der Waals surface area (Å²) in [6.45, 7) is 1.56. The van der Waals surface area contributed by atoms with E-state index < -0.39 is 0 Å². The molecule has 1 aromatic rings. The molecule has 6 heteroatoms. The summed E-state index contributed by atoms with van der Waals surface area (Å²) in [4.78, 5) is 14.6. The lowest BCUT2D eigenvalue weighted by molar-refractivity contribution is -0.119. The lowest BCUT2D eigenvalue weighted by Crippen LogP contribution is -2.50. The van der Waals surface area contributed by atoms with E-state index in [4.69, 9.17) is 4.74 Å². The van der Waals surface area contributed by atoms with E-state index >= 15 is 0 Å². The SMILES string of the molecule is N#Cc1ccsc1N1CC[C@H](N[C@@H]2CCC[C@@H]3OCC[C@H]32)C1=O. The molecule has 3 aliphatic rings. The van der Waals surface area contributed by atoms with Gasteiger partial charge < -0.3 is 15.0 Å². The summed E-state index contributed by atoms with van der Waals surface area (Å²) < 4.78 is 5.82. The van der Waals surface area contributed by atoms with Gasteiger partial charge in [0.15, 0.2) is 0 Å². The van der Waals surface area contributed by atoms with Gasteiger partial charge in [-0.05, 0) is 43.6 Å². The van der Waals surface area contributed by atoms with Crippen LogP contribution in [0.1, 0.15) is 37.7 Å². The number of nitrogens with one attached hydrogen (secondary N) is 1. The predicted octanol–water partition coefficient (Wildman–Crippen LogP) is 2.27. The fourth-order valence-corrected chi connectivity index (χ4v) is 5.15. The molecule has 5 nitrogen and oxygen atoms in total. The van der Waals surface area contributed by atoms with Gasteiger partial charge in [-0.2, -0.15) is 5.26 Å². The van der Waals surface area contributed by atoms with Gasteiger partial charge in [-0.1, -0.05) is 0 Å². The van der Waals surface area contributed by atoms with Crippen LogP contribution >= 0.6 is 11.3 Å². The molecule has 122 valence electrons. The van der Waals surface area contributed by atoms with Gasteiger partial charge in [0.05, 0.1) is 17.7 Å². The van der Waals surface area contributed by atoms with Crippen LogP contribution < -0.4 is 10.2 Å². The standard InChI is InChI=1S/C17H21N3O2S/c18-10-11-6-9-23-17(11)20-7-4-14(16(20)21)19-13-2-1-3-15-12(13)5-8-22-15/h6,9,12-15,19H,1-5,7-8H2/t12-,13+,14-,15-/m0/s1. The van der Waals surface area contributed by atoms with Gasteiger partial charge >= 0.3 is 0 Å². The second kappa shape index (κ2) is 6.23. The molecule has 1 aliphatic carbocycles. The van der Waals surface area contributed by atoms with Crippen LogP contribution in [0.5, 0.6) is 0 Å². The van der Waals surface area contributed by atoms with Crippen molar-refractivity contribution in [2.75, 3.05) is 18.1 Å². The van der Waals surface area contributed by atoms with Gasteiger partial charge in [0.1, 0.15) is 11.1 Å². The van der Waals surface area contributed by atoms with E-state index in [1.165, 1.54) is 17.8 Å². The largest absolute Gasteiger partial charge is 0.378 e. The van der Waals surface area contributed by atoms with E-state index in [1.807, 2.05) is 5.38 Å². The Labute approximate surface area is 140 Å². The Balaban J connectivity index is 1.45. The number of hydrogen-bond acceptors (Lipinski definition) is 5. The van der Waals surface area contributed by atoms with Crippen molar-refractivity contribution < 1.29 is 9.53 Å². The maximum absolute atomic E-state index is 12.8. The first-order valence-corrected chi connectivity index (χ1v) is 9.32. The number of thiophene rings is 1. The number of rotatable bonds is 3. The summed E-state index contributed by atoms with van der Waals surface area (Å²) in [5.41, 5.74) is 0.603. The van der Waals surface area contributed by atoms with Crippen LogP contribution in [0.4, 0.5) is 5.00 Å². The molecule has 1 N–H and O–H groups in total. The normalized spacial score (nSPS) is 33.7. The molecule has 0 spiro atoms. The van der Waals surface area contributed by atoms with Gasteiger partial charge in [0.25, 0.3) is 0 Å². The van der Waals surface area contributed by atoms with Crippen LogP contribution in [0.3, 0.4) is 0 Å². The van der Waals surface area contributed by atoms with Crippen molar-refractivity contribution in [3.63, 3.8) is 0 Å². The Kier molecular flexibility index (Phi) is 4.10. The zero-order valence-corrected chi connectivity index (χ0v) is 13.8. The van der Waals surface area contributed by atoms with Crippen molar-refractivity contribution in [3.05, 3.63) is 17.0 Å². The average Bonchev–Trinajstić information content (AvgIpc) is 3.28. The monoisotopic (exact) mass is 331 g/mol. The Morgan fingerprint density at radius 2 is 2.26 bits per heavy atom. The molecule has 4 rings (SSSR count). The van der Waals surface area contributed by atoms with E-state index in [-0.39, 0.29) is 11.9 Å². The molecule has 3 fully saturated rings. The molecule has 3 heterocycles. The highest BCUT2D eigenvalue weighted by Crippen LogP contribution is 2.36. The highest BCUT2D eigenvalue weighted by atomic mass is 32.1. The van der Waals surface area contributed by atoms with Crippen LogP contribution in [0.15, 0.2) is 11.4 Å². The molecule has 1 amide bonds. The van der Waals surface area contributed by atoms with Gasteiger partial charge in [0.2, 0.25) is 5.91 Å². The summed E-state index contributed by atoms with van der Waals surface area (Å²) in [6.07, 6.45) is 5.78. The fraction of sp³-hybridized carbons (Fsp3) is 0.647. The second-order valence-electron chi connectivity index (χ2n) is 6.65. The van der Waals surface area contributed by atoms with E-state index in [2.05, 4.69) is 11.4 Å². The third kappa shape index (κ3) is 2.67. The molecule has 1 saturated carbocycles. The number of anilines is 1.